The highest BCUT2D eigenvalue weighted by molar-refractivity contribution is 6.08. The number of hydrogen-bond acceptors (Lipinski definition) is 2. The van der Waals surface area contributed by atoms with Crippen molar-refractivity contribution in [3.05, 3.63) is 11.8 Å². The SMILES string of the molecule is CN1CC2=CN=C2C1. The van der Waals surface area contributed by atoms with E-state index < -0.39 is 0 Å². The molecule has 2 aliphatic heterocycles. The number of likely N-dealkylation sites (N-methyl/N-ethyl adjacent to an activating group) is 1. The molecule has 0 spiro atoms. The zero-order valence-electron chi connectivity index (χ0n) is 4.89. The number of likely N-dealkylation sites (tertiary alicyclic amines) is 1. The Morgan fingerprint density at radius 3 is 2.75 bits per heavy atom. The van der Waals surface area contributed by atoms with E-state index in [2.05, 4.69) is 16.9 Å². The summed E-state index contributed by atoms with van der Waals surface area (Å²) in [7, 11) is 2.11. The second kappa shape index (κ2) is 1.20. The summed E-state index contributed by atoms with van der Waals surface area (Å²) in [5.74, 6) is 0. The van der Waals surface area contributed by atoms with Gasteiger partial charge in [0.1, 0.15) is 0 Å². The van der Waals surface area contributed by atoms with Crippen molar-refractivity contribution in [2.24, 2.45) is 4.99 Å². The Hall–Kier alpha value is -0.630. The van der Waals surface area contributed by atoms with Gasteiger partial charge in [-0.25, -0.2) is 0 Å². The summed E-state index contributed by atoms with van der Waals surface area (Å²) in [5.41, 5.74) is 2.74. The Labute approximate surface area is 48.5 Å². The van der Waals surface area contributed by atoms with Crippen LogP contribution >= 0.6 is 0 Å². The average Bonchev–Trinajstić information content (AvgIpc) is 1.91. The molecular weight excluding hydrogens is 100 g/mol. The molecule has 2 aliphatic rings. The first-order valence-corrected chi connectivity index (χ1v) is 2.81. The van der Waals surface area contributed by atoms with Gasteiger partial charge in [-0.05, 0) is 7.05 Å². The Morgan fingerprint density at radius 2 is 2.50 bits per heavy atom. The van der Waals surface area contributed by atoms with Crippen molar-refractivity contribution < 1.29 is 0 Å². The summed E-state index contributed by atoms with van der Waals surface area (Å²) in [6, 6.07) is 0. The average molecular weight is 108 g/mol. The van der Waals surface area contributed by atoms with Crippen molar-refractivity contribution in [2.75, 3.05) is 20.1 Å². The molecule has 0 aromatic rings. The van der Waals surface area contributed by atoms with E-state index in [4.69, 9.17) is 0 Å². The molecule has 0 radical (unpaired) electrons. The minimum Gasteiger partial charge on any atom is -0.296 e. The van der Waals surface area contributed by atoms with Crippen molar-refractivity contribution in [2.45, 2.75) is 0 Å². The van der Waals surface area contributed by atoms with Crippen molar-refractivity contribution in [1.29, 1.82) is 0 Å². The topological polar surface area (TPSA) is 15.6 Å². The molecule has 8 heavy (non-hydrogen) atoms. The molecule has 2 nitrogen and oxygen atoms in total. The minimum atomic E-state index is 1.06. The smallest absolute Gasteiger partial charge is 0.0604 e. The lowest BCUT2D eigenvalue weighted by molar-refractivity contribution is 0.446. The fourth-order valence-corrected chi connectivity index (χ4v) is 1.12. The van der Waals surface area contributed by atoms with E-state index >= 15 is 0 Å². The third-order valence-corrected chi connectivity index (χ3v) is 1.61. The molecule has 1 saturated heterocycles. The monoisotopic (exact) mass is 108 g/mol. The molecule has 2 heteroatoms. The van der Waals surface area contributed by atoms with E-state index in [0.717, 1.165) is 13.1 Å². The van der Waals surface area contributed by atoms with E-state index in [9.17, 15) is 0 Å². The van der Waals surface area contributed by atoms with Crippen LogP contribution in [0.2, 0.25) is 0 Å². The summed E-state index contributed by atoms with van der Waals surface area (Å²) < 4.78 is 0. The lowest BCUT2D eigenvalue weighted by Crippen LogP contribution is -2.13. The van der Waals surface area contributed by atoms with Gasteiger partial charge in [0.05, 0.1) is 5.71 Å². The molecule has 0 amide bonds. The third-order valence-electron chi connectivity index (χ3n) is 1.61. The van der Waals surface area contributed by atoms with Gasteiger partial charge in [0.25, 0.3) is 0 Å². The van der Waals surface area contributed by atoms with Crippen molar-refractivity contribution >= 4 is 5.71 Å². The molecule has 0 atom stereocenters. The predicted octanol–water partition coefficient (Wildman–Crippen LogP) is 0.270. The van der Waals surface area contributed by atoms with Crippen LogP contribution in [0.3, 0.4) is 0 Å². The fourth-order valence-electron chi connectivity index (χ4n) is 1.12. The maximum absolute atomic E-state index is 4.09. The molecule has 0 saturated carbocycles. The number of fused-ring (bicyclic) bond motifs is 1. The van der Waals surface area contributed by atoms with Gasteiger partial charge in [0.2, 0.25) is 0 Å². The molecule has 2 rings (SSSR count). The molecule has 0 bridgehead atoms. The van der Waals surface area contributed by atoms with Gasteiger partial charge in [-0.2, -0.15) is 0 Å². The largest absolute Gasteiger partial charge is 0.296 e. The van der Waals surface area contributed by atoms with Crippen LogP contribution in [-0.2, 0) is 0 Å². The molecule has 0 aromatic carbocycles. The van der Waals surface area contributed by atoms with E-state index in [1.165, 1.54) is 11.3 Å². The Balaban J connectivity index is 2.23. The van der Waals surface area contributed by atoms with Crippen molar-refractivity contribution in [1.82, 2.24) is 4.90 Å². The molecule has 42 valence electrons. The van der Waals surface area contributed by atoms with Crippen LogP contribution < -0.4 is 0 Å². The van der Waals surface area contributed by atoms with Gasteiger partial charge < -0.3 is 0 Å². The number of nitrogens with zero attached hydrogens (tertiary/aromatic N) is 2. The zero-order chi connectivity index (χ0) is 5.56. The summed E-state index contributed by atoms with van der Waals surface area (Å²) in [6.45, 7) is 2.17. The summed E-state index contributed by atoms with van der Waals surface area (Å²) >= 11 is 0. The first kappa shape index (κ1) is 4.27. The quantitative estimate of drug-likeness (QED) is 0.435. The van der Waals surface area contributed by atoms with Crippen LogP contribution in [0.5, 0.6) is 0 Å². The Morgan fingerprint density at radius 1 is 1.62 bits per heavy atom. The number of aliphatic imine (C=N–C) groups is 1. The van der Waals surface area contributed by atoms with E-state index in [-0.39, 0.29) is 0 Å². The summed E-state index contributed by atoms with van der Waals surface area (Å²) in [5, 5.41) is 0. The van der Waals surface area contributed by atoms with E-state index in [0.29, 0.717) is 0 Å². The molecule has 1 fully saturated rings. The van der Waals surface area contributed by atoms with Gasteiger partial charge in [0, 0.05) is 24.9 Å². The second-order valence-corrected chi connectivity index (χ2v) is 2.40. The van der Waals surface area contributed by atoms with Gasteiger partial charge in [-0.1, -0.05) is 0 Å². The standard InChI is InChI=1S/C6H8N2/c1-8-3-5-2-7-6(5)4-8/h2H,3-4H2,1H3. The van der Waals surface area contributed by atoms with Crippen LogP contribution in [0.4, 0.5) is 0 Å². The van der Waals surface area contributed by atoms with Crippen molar-refractivity contribution in [3.8, 4) is 0 Å². The first-order valence-electron chi connectivity index (χ1n) is 2.81. The molecule has 0 N–H and O–H groups in total. The van der Waals surface area contributed by atoms with Crippen LogP contribution in [0.25, 0.3) is 0 Å². The maximum atomic E-state index is 4.09. The molecule has 0 aliphatic carbocycles. The lowest BCUT2D eigenvalue weighted by atomic mass is 10.2. The van der Waals surface area contributed by atoms with Gasteiger partial charge in [0.15, 0.2) is 0 Å². The highest BCUT2D eigenvalue weighted by Crippen LogP contribution is 2.17. The predicted molar refractivity (Wildman–Crippen MR) is 33.0 cm³/mol. The second-order valence-electron chi connectivity index (χ2n) is 2.40. The maximum Gasteiger partial charge on any atom is 0.0604 e. The highest BCUT2D eigenvalue weighted by atomic mass is 15.1. The number of rotatable bonds is 0. The Bertz CT molecular complexity index is 159. The number of hydrogen-bond donors (Lipinski definition) is 0. The van der Waals surface area contributed by atoms with Crippen LogP contribution in [0, 0.1) is 0 Å². The Kier molecular flexibility index (Phi) is 0.641. The van der Waals surface area contributed by atoms with E-state index in [1.54, 1.807) is 0 Å². The van der Waals surface area contributed by atoms with Gasteiger partial charge in [-0.15, -0.1) is 0 Å². The van der Waals surface area contributed by atoms with Crippen LogP contribution in [-0.4, -0.2) is 30.7 Å². The highest BCUT2D eigenvalue weighted by Gasteiger charge is 2.23. The summed E-state index contributed by atoms with van der Waals surface area (Å²) in [4.78, 5) is 6.36. The molecule has 0 aromatic heterocycles. The van der Waals surface area contributed by atoms with Crippen LogP contribution in [0.15, 0.2) is 16.8 Å². The van der Waals surface area contributed by atoms with Gasteiger partial charge in [-0.3, -0.25) is 9.89 Å². The van der Waals surface area contributed by atoms with Crippen LogP contribution in [0.1, 0.15) is 0 Å². The minimum absolute atomic E-state index is 1.06. The third kappa shape index (κ3) is 0.383. The molecule has 2 heterocycles. The fraction of sp³-hybridized carbons (Fsp3) is 0.500. The van der Waals surface area contributed by atoms with Gasteiger partial charge >= 0.3 is 0 Å². The molecular formula is C6H8N2. The zero-order valence-corrected chi connectivity index (χ0v) is 4.89. The summed E-state index contributed by atoms with van der Waals surface area (Å²) in [6.07, 6.45) is 1.96. The first-order chi connectivity index (χ1) is 3.86. The molecule has 0 unspecified atom stereocenters. The van der Waals surface area contributed by atoms with Crippen molar-refractivity contribution in [3.63, 3.8) is 0 Å². The van der Waals surface area contributed by atoms with E-state index in [1.807, 2.05) is 6.20 Å². The lowest BCUT2D eigenvalue weighted by Gasteiger charge is -2.01. The normalized spacial score (nSPS) is 26.1.